The number of carboxylic acid groups (broad SMARTS) is 1. The first-order valence-corrected chi connectivity index (χ1v) is 12.2. The lowest BCUT2D eigenvalue weighted by Gasteiger charge is -2.49. The number of nitrogens with zero attached hydrogens (tertiary/aromatic N) is 6. The Morgan fingerprint density at radius 1 is 1.50 bits per heavy atom. The molecule has 1 unspecified atom stereocenters. The van der Waals surface area contributed by atoms with Crippen molar-refractivity contribution in [3.63, 3.8) is 0 Å². The smallest absolute Gasteiger partial charge is 0.352 e. The third kappa shape index (κ3) is 4.07. The van der Waals surface area contributed by atoms with Crippen molar-refractivity contribution in [1.29, 1.82) is 0 Å². The van der Waals surface area contributed by atoms with E-state index < -0.39 is 29.2 Å². The molecule has 2 aliphatic heterocycles. The summed E-state index contributed by atoms with van der Waals surface area (Å²) < 4.78 is 1.48. The summed E-state index contributed by atoms with van der Waals surface area (Å²) in [4.78, 5) is 43.0. The summed E-state index contributed by atoms with van der Waals surface area (Å²) in [6, 6.07) is -0.879. The summed E-state index contributed by atoms with van der Waals surface area (Å²) in [7, 11) is 1.68. The molecular weight excluding hydrogens is 500 g/mol. The van der Waals surface area contributed by atoms with Crippen molar-refractivity contribution in [3.8, 4) is 0 Å². The van der Waals surface area contributed by atoms with Crippen LogP contribution in [0.1, 0.15) is 4.88 Å². The number of carbonyl (C=O) groups is 3. The summed E-state index contributed by atoms with van der Waals surface area (Å²) in [6.45, 7) is 0. The first-order valence-electron chi connectivity index (χ1n) is 8.90. The minimum absolute atomic E-state index is 0.0739. The summed E-state index contributed by atoms with van der Waals surface area (Å²) in [5.74, 6) is -1.60. The van der Waals surface area contributed by atoms with Gasteiger partial charge in [0.15, 0.2) is 5.13 Å². The van der Waals surface area contributed by atoms with Crippen molar-refractivity contribution >= 4 is 74.9 Å². The second-order valence-electron chi connectivity index (χ2n) is 6.58. The number of aliphatic carboxylic acids is 1. The van der Waals surface area contributed by atoms with E-state index in [2.05, 4.69) is 25.8 Å². The lowest BCUT2D eigenvalue weighted by Crippen LogP contribution is -2.70. The van der Waals surface area contributed by atoms with E-state index in [0.717, 1.165) is 16.9 Å². The Balaban J connectivity index is 1.48. The molecule has 2 aromatic rings. The summed E-state index contributed by atoms with van der Waals surface area (Å²) in [5, 5.41) is 23.8. The lowest BCUT2D eigenvalue weighted by atomic mass is 10.0. The molecule has 16 heteroatoms. The number of rotatable bonds is 7. The first kappa shape index (κ1) is 22.6. The Bertz CT molecular complexity index is 1160. The minimum Gasteiger partial charge on any atom is -0.477 e. The van der Waals surface area contributed by atoms with Gasteiger partial charge in [0.1, 0.15) is 17.1 Å². The molecule has 0 saturated carbocycles. The molecule has 2 aliphatic rings. The largest absolute Gasteiger partial charge is 0.477 e. The van der Waals surface area contributed by atoms with Crippen LogP contribution in [-0.2, 0) is 21.4 Å². The molecule has 1 saturated heterocycles. The van der Waals surface area contributed by atoms with E-state index in [-0.39, 0.29) is 16.4 Å². The zero-order valence-corrected chi connectivity index (χ0v) is 19.5. The third-order valence-corrected chi connectivity index (χ3v) is 8.15. The average molecular weight is 515 g/mol. The molecule has 12 nitrogen and oxygen atoms in total. The molecule has 2 aromatic heterocycles. The molecule has 2 amide bonds. The highest BCUT2D eigenvalue weighted by Gasteiger charge is 2.54. The highest BCUT2D eigenvalue weighted by atomic mass is 35.5. The van der Waals surface area contributed by atoms with Gasteiger partial charge in [0.05, 0.1) is 10.5 Å². The van der Waals surface area contributed by atoms with Gasteiger partial charge < -0.3 is 16.2 Å². The molecule has 0 radical (unpaired) electrons. The molecule has 0 bridgehead atoms. The van der Waals surface area contributed by atoms with Crippen LogP contribution in [0.5, 0.6) is 0 Å². The topological polar surface area (TPSA) is 169 Å². The number of nitrogens with one attached hydrogen (secondary N) is 1. The van der Waals surface area contributed by atoms with Gasteiger partial charge in [0.25, 0.3) is 11.8 Å². The number of β-lactam (4-membered cyclic amide) rings is 1. The fraction of sp³-hybridized carbons (Fsp3) is 0.312. The Morgan fingerprint density at radius 3 is 2.88 bits per heavy atom. The van der Waals surface area contributed by atoms with E-state index in [1.807, 2.05) is 0 Å². The van der Waals surface area contributed by atoms with E-state index in [1.165, 1.54) is 39.3 Å². The number of nitrogens with two attached hydrogens (primary N) is 1. The van der Waals surface area contributed by atoms with Gasteiger partial charge in [-0.3, -0.25) is 14.5 Å². The van der Waals surface area contributed by atoms with Crippen LogP contribution >= 0.6 is 46.5 Å². The van der Waals surface area contributed by atoms with Crippen LogP contribution in [0, 0.1) is 0 Å². The molecule has 0 aliphatic carbocycles. The molecule has 4 rings (SSSR count). The predicted octanol–water partition coefficient (Wildman–Crippen LogP) is 0.359. The molecule has 168 valence electrons. The number of thioether (sulfide) groups is 2. The van der Waals surface area contributed by atoms with Gasteiger partial charge in [-0.25, -0.2) is 14.5 Å². The zero-order chi connectivity index (χ0) is 23.0. The van der Waals surface area contributed by atoms with Gasteiger partial charge in [-0.15, -0.1) is 16.9 Å². The van der Waals surface area contributed by atoms with Crippen LogP contribution < -0.4 is 11.1 Å². The van der Waals surface area contributed by atoms with Crippen LogP contribution in [0.25, 0.3) is 5.57 Å². The number of carboxylic acids is 1. The average Bonchev–Trinajstić information content (AvgIpc) is 3.37. The summed E-state index contributed by atoms with van der Waals surface area (Å²) in [6.07, 6.45) is 1.42. The van der Waals surface area contributed by atoms with Crippen molar-refractivity contribution in [1.82, 2.24) is 35.4 Å². The Morgan fingerprint density at radius 2 is 2.28 bits per heavy atom. The number of hydrogen-bond donors (Lipinski definition) is 3. The van der Waals surface area contributed by atoms with Crippen molar-refractivity contribution in [2.75, 3.05) is 17.2 Å². The van der Waals surface area contributed by atoms with Gasteiger partial charge in [-0.2, -0.15) is 0 Å². The van der Waals surface area contributed by atoms with Gasteiger partial charge >= 0.3 is 5.97 Å². The standard InChI is InChI=1S/C16H15ClN8O4S3/c1-24-16(21-22-23-24)31-5-6-4-30-13-9(12(27)25(13)10(6)14(28)29)20-11(26)7(2-17)8-3-19-15(18)32-8/h2-3,9,13H,4-5H2,1H3,(H2,18,19)(H,20,26)(H,28,29)/b7-2+/t9?,13-/m1/s1. The predicted molar refractivity (Wildman–Crippen MR) is 120 cm³/mol. The minimum atomic E-state index is -1.21. The fourth-order valence-corrected chi connectivity index (χ4v) is 6.45. The van der Waals surface area contributed by atoms with Gasteiger partial charge in [0, 0.05) is 30.3 Å². The second-order valence-corrected chi connectivity index (χ2v) is 9.91. The molecule has 0 spiro atoms. The van der Waals surface area contributed by atoms with E-state index in [9.17, 15) is 19.5 Å². The molecule has 4 heterocycles. The highest BCUT2D eigenvalue weighted by molar-refractivity contribution is 8.01. The van der Waals surface area contributed by atoms with Crippen LogP contribution in [0.2, 0.25) is 0 Å². The number of aromatic nitrogens is 5. The molecule has 0 aromatic carbocycles. The van der Waals surface area contributed by atoms with Crippen LogP contribution in [0.15, 0.2) is 28.2 Å². The lowest BCUT2D eigenvalue weighted by molar-refractivity contribution is -0.150. The van der Waals surface area contributed by atoms with Crippen molar-refractivity contribution < 1.29 is 19.5 Å². The maximum Gasteiger partial charge on any atom is 0.352 e. The third-order valence-electron chi connectivity index (χ3n) is 4.64. The normalized spacial score (nSPS) is 20.8. The zero-order valence-electron chi connectivity index (χ0n) is 16.3. The number of nitrogen functional groups attached to an aromatic ring is 1. The van der Waals surface area contributed by atoms with Crippen molar-refractivity contribution in [2.24, 2.45) is 7.05 Å². The number of anilines is 1. The number of amides is 2. The van der Waals surface area contributed by atoms with Gasteiger partial charge in [-0.1, -0.05) is 34.7 Å². The summed E-state index contributed by atoms with van der Waals surface area (Å²) in [5.41, 5.74) is 7.32. The molecule has 32 heavy (non-hydrogen) atoms. The fourth-order valence-electron chi connectivity index (χ4n) is 3.14. The van der Waals surface area contributed by atoms with E-state index in [4.69, 9.17) is 17.3 Å². The first-order chi connectivity index (χ1) is 15.3. The molecule has 4 N–H and O–H groups in total. The van der Waals surface area contributed by atoms with Crippen LogP contribution in [0.4, 0.5) is 5.13 Å². The van der Waals surface area contributed by atoms with Gasteiger partial charge in [-0.05, 0) is 16.0 Å². The number of hydrogen-bond acceptors (Lipinski definition) is 11. The second kappa shape index (κ2) is 9.09. The van der Waals surface area contributed by atoms with Crippen molar-refractivity contribution in [2.45, 2.75) is 16.6 Å². The number of aryl methyl sites for hydroxylation is 1. The molecule has 1 fully saturated rings. The molecular formula is C16H15ClN8O4S3. The number of thiazole rings is 1. The van der Waals surface area contributed by atoms with Crippen molar-refractivity contribution in [3.05, 3.63) is 27.9 Å². The number of halogens is 1. The van der Waals surface area contributed by atoms with E-state index in [0.29, 0.717) is 27.1 Å². The SMILES string of the molecule is Cn1nnnc1SCC1=C(C(=O)O)N2C(=O)C(NC(=O)/C(=C/Cl)c3cnc(N)s3)[C@H]2SC1. The van der Waals surface area contributed by atoms with Crippen LogP contribution in [0.3, 0.4) is 0 Å². The highest BCUT2D eigenvalue weighted by Crippen LogP contribution is 2.41. The summed E-state index contributed by atoms with van der Waals surface area (Å²) >= 11 is 9.54. The Hall–Kier alpha value is -2.62. The van der Waals surface area contributed by atoms with Gasteiger partial charge in [0.2, 0.25) is 5.16 Å². The maximum absolute atomic E-state index is 12.8. The monoisotopic (exact) mass is 514 g/mol. The number of tetrazole rings is 1. The Kier molecular flexibility index (Phi) is 6.41. The Labute approximate surface area is 198 Å². The van der Waals surface area contributed by atoms with Crippen LogP contribution in [-0.4, -0.2) is 75.9 Å². The van der Waals surface area contributed by atoms with E-state index >= 15 is 0 Å². The molecule has 2 atom stereocenters. The maximum atomic E-state index is 12.8. The number of fused-ring (bicyclic) bond motifs is 1. The van der Waals surface area contributed by atoms with E-state index in [1.54, 1.807) is 7.05 Å². The number of carbonyl (C=O) groups excluding carboxylic acids is 2. The quantitative estimate of drug-likeness (QED) is 0.265.